The number of rotatable bonds is 9. The zero-order valence-corrected chi connectivity index (χ0v) is 19.0. The minimum Gasteiger partial charge on any atom is -0.356 e. The van der Waals surface area contributed by atoms with Crippen LogP contribution in [0.25, 0.3) is 0 Å². The van der Waals surface area contributed by atoms with E-state index >= 15 is 0 Å². The van der Waals surface area contributed by atoms with Crippen molar-refractivity contribution in [3.63, 3.8) is 0 Å². The number of nitrogens with zero attached hydrogens (tertiary/aromatic N) is 3. The number of anilines is 1. The molecule has 28 heavy (non-hydrogen) atoms. The third kappa shape index (κ3) is 8.42. The van der Waals surface area contributed by atoms with Crippen molar-refractivity contribution < 1.29 is 12.8 Å². The van der Waals surface area contributed by atoms with Gasteiger partial charge in [0.2, 0.25) is 10.0 Å². The minimum absolute atomic E-state index is 0. The Morgan fingerprint density at radius 1 is 1.29 bits per heavy atom. The molecule has 0 saturated carbocycles. The molecular weight excluding hydrogens is 498 g/mol. The van der Waals surface area contributed by atoms with Crippen molar-refractivity contribution in [1.29, 1.82) is 0 Å². The standard InChI is InChI=1S/C17H25FN6O2S.HI/c1-14-5-6-15(13-16(14)18)23-27(25,26)12-9-21-17(19-2)20-7-3-10-24-11-4-8-22-24;/h4-6,8,11,13,23H,3,7,9-10,12H2,1-2H3,(H2,19,20,21);1H. The molecule has 1 heterocycles. The number of nitrogens with one attached hydrogen (secondary N) is 3. The molecule has 0 fully saturated rings. The predicted molar refractivity (Wildman–Crippen MR) is 120 cm³/mol. The van der Waals surface area contributed by atoms with E-state index in [1.807, 2.05) is 16.9 Å². The molecule has 0 unspecified atom stereocenters. The van der Waals surface area contributed by atoms with E-state index in [0.717, 1.165) is 13.0 Å². The summed E-state index contributed by atoms with van der Waals surface area (Å²) in [5.74, 6) is -0.101. The fourth-order valence-electron chi connectivity index (χ4n) is 2.29. The topological polar surface area (TPSA) is 100 Å². The molecule has 2 rings (SSSR count). The van der Waals surface area contributed by atoms with E-state index in [4.69, 9.17) is 0 Å². The van der Waals surface area contributed by atoms with E-state index in [1.165, 1.54) is 18.2 Å². The van der Waals surface area contributed by atoms with Crippen molar-refractivity contribution in [2.45, 2.75) is 19.9 Å². The Morgan fingerprint density at radius 3 is 2.68 bits per heavy atom. The molecule has 0 aliphatic carbocycles. The number of aliphatic imine (C=N–C) groups is 1. The highest BCUT2D eigenvalue weighted by molar-refractivity contribution is 14.0. The lowest BCUT2D eigenvalue weighted by atomic mass is 10.2. The van der Waals surface area contributed by atoms with Gasteiger partial charge >= 0.3 is 0 Å². The number of benzene rings is 1. The number of sulfonamides is 1. The smallest absolute Gasteiger partial charge is 0.234 e. The Balaban J connectivity index is 0.00000392. The van der Waals surface area contributed by atoms with Gasteiger partial charge in [0.15, 0.2) is 5.96 Å². The third-order valence-corrected chi connectivity index (χ3v) is 5.04. The highest BCUT2D eigenvalue weighted by atomic mass is 127. The van der Waals surface area contributed by atoms with Crippen LogP contribution in [0.4, 0.5) is 10.1 Å². The zero-order valence-electron chi connectivity index (χ0n) is 15.9. The molecule has 2 aromatic rings. The lowest BCUT2D eigenvalue weighted by Crippen LogP contribution is -2.40. The summed E-state index contributed by atoms with van der Waals surface area (Å²) in [7, 11) is -1.98. The lowest BCUT2D eigenvalue weighted by Gasteiger charge is -2.13. The van der Waals surface area contributed by atoms with Gasteiger partial charge in [-0.25, -0.2) is 12.8 Å². The first-order valence-corrected chi connectivity index (χ1v) is 10.2. The van der Waals surface area contributed by atoms with Crippen LogP contribution in [0.3, 0.4) is 0 Å². The molecule has 156 valence electrons. The van der Waals surface area contributed by atoms with E-state index < -0.39 is 15.8 Å². The van der Waals surface area contributed by atoms with Gasteiger partial charge in [-0.3, -0.25) is 14.4 Å². The zero-order chi connectivity index (χ0) is 19.7. The van der Waals surface area contributed by atoms with E-state index in [1.54, 1.807) is 20.2 Å². The first kappa shape index (κ1) is 24.1. The molecule has 0 atom stereocenters. The van der Waals surface area contributed by atoms with Crippen LogP contribution in [-0.2, 0) is 16.6 Å². The van der Waals surface area contributed by atoms with Gasteiger partial charge in [0.25, 0.3) is 0 Å². The second kappa shape index (κ2) is 11.8. The van der Waals surface area contributed by atoms with Crippen molar-refractivity contribution in [1.82, 2.24) is 20.4 Å². The molecule has 0 aliphatic heterocycles. The summed E-state index contributed by atoms with van der Waals surface area (Å²) in [6.45, 7) is 3.24. The van der Waals surface area contributed by atoms with Crippen LogP contribution in [0.15, 0.2) is 41.7 Å². The van der Waals surface area contributed by atoms with Crippen molar-refractivity contribution in [3.05, 3.63) is 48.0 Å². The summed E-state index contributed by atoms with van der Waals surface area (Å²) in [4.78, 5) is 4.05. The van der Waals surface area contributed by atoms with Crippen LogP contribution in [0.1, 0.15) is 12.0 Å². The van der Waals surface area contributed by atoms with Crippen LogP contribution in [-0.4, -0.2) is 50.0 Å². The van der Waals surface area contributed by atoms with Crippen LogP contribution in [0, 0.1) is 12.7 Å². The molecule has 0 radical (unpaired) electrons. The molecule has 3 N–H and O–H groups in total. The molecule has 8 nitrogen and oxygen atoms in total. The highest BCUT2D eigenvalue weighted by Gasteiger charge is 2.11. The first-order valence-electron chi connectivity index (χ1n) is 8.58. The Morgan fingerprint density at radius 2 is 2.04 bits per heavy atom. The molecule has 1 aromatic heterocycles. The van der Waals surface area contributed by atoms with Gasteiger partial charge < -0.3 is 10.6 Å². The van der Waals surface area contributed by atoms with E-state index in [-0.39, 0.29) is 42.0 Å². The van der Waals surface area contributed by atoms with Crippen LogP contribution >= 0.6 is 24.0 Å². The second-order valence-electron chi connectivity index (χ2n) is 5.93. The summed E-state index contributed by atoms with van der Waals surface area (Å²) < 4.78 is 42.0. The van der Waals surface area contributed by atoms with E-state index in [9.17, 15) is 12.8 Å². The first-order chi connectivity index (χ1) is 12.9. The van der Waals surface area contributed by atoms with Crippen LogP contribution in [0.2, 0.25) is 0 Å². The number of guanidine groups is 1. The van der Waals surface area contributed by atoms with Crippen molar-refractivity contribution in [3.8, 4) is 0 Å². The normalized spacial score (nSPS) is 11.6. The molecular formula is C17H26FIN6O2S. The number of halogens is 2. The lowest BCUT2D eigenvalue weighted by molar-refractivity contribution is 0.570. The molecule has 1 aromatic carbocycles. The Labute approximate surface area is 182 Å². The molecule has 0 saturated heterocycles. The average Bonchev–Trinajstić information content (AvgIpc) is 3.13. The molecule has 0 aliphatic rings. The molecule has 0 amide bonds. The Bertz CT molecular complexity index is 859. The van der Waals surface area contributed by atoms with Gasteiger partial charge in [-0.05, 0) is 37.1 Å². The van der Waals surface area contributed by atoms with Crippen molar-refractivity contribution in [2.75, 3.05) is 30.6 Å². The van der Waals surface area contributed by atoms with Gasteiger partial charge in [0.05, 0.1) is 11.4 Å². The maximum Gasteiger partial charge on any atom is 0.234 e. The van der Waals surface area contributed by atoms with Gasteiger partial charge in [-0.15, -0.1) is 24.0 Å². The fraction of sp³-hybridized carbons (Fsp3) is 0.412. The van der Waals surface area contributed by atoms with Crippen LogP contribution < -0.4 is 15.4 Å². The van der Waals surface area contributed by atoms with Crippen molar-refractivity contribution in [2.24, 2.45) is 4.99 Å². The fourth-order valence-corrected chi connectivity index (χ4v) is 3.25. The maximum atomic E-state index is 13.5. The summed E-state index contributed by atoms with van der Waals surface area (Å²) in [5.41, 5.74) is 0.668. The second-order valence-corrected chi connectivity index (χ2v) is 7.78. The third-order valence-electron chi connectivity index (χ3n) is 3.75. The highest BCUT2D eigenvalue weighted by Crippen LogP contribution is 2.14. The number of aryl methyl sites for hydroxylation is 2. The average molecular weight is 524 g/mol. The van der Waals surface area contributed by atoms with Crippen LogP contribution in [0.5, 0.6) is 0 Å². The number of hydrogen-bond acceptors (Lipinski definition) is 4. The SMILES string of the molecule is CN=C(NCCCn1cccn1)NCCS(=O)(=O)Nc1ccc(C)c(F)c1.I. The Hall–Kier alpha value is -1.89. The van der Waals surface area contributed by atoms with E-state index in [0.29, 0.717) is 18.1 Å². The molecule has 0 spiro atoms. The van der Waals surface area contributed by atoms with Gasteiger partial charge in [-0.1, -0.05) is 6.07 Å². The minimum atomic E-state index is -3.60. The predicted octanol–water partition coefficient (Wildman–Crippen LogP) is 1.95. The van der Waals surface area contributed by atoms with Crippen molar-refractivity contribution >= 4 is 45.6 Å². The summed E-state index contributed by atoms with van der Waals surface area (Å²) in [5, 5.41) is 10.2. The maximum absolute atomic E-state index is 13.5. The van der Waals surface area contributed by atoms with Gasteiger partial charge in [0, 0.05) is 39.1 Å². The Kier molecular flexibility index (Phi) is 10.2. The van der Waals surface area contributed by atoms with Gasteiger partial charge in [0.1, 0.15) is 5.82 Å². The summed E-state index contributed by atoms with van der Waals surface area (Å²) in [6, 6.07) is 6.09. The van der Waals surface area contributed by atoms with E-state index in [2.05, 4.69) is 25.4 Å². The summed E-state index contributed by atoms with van der Waals surface area (Å²) >= 11 is 0. The monoisotopic (exact) mass is 524 g/mol. The molecule has 11 heteroatoms. The number of aromatic nitrogens is 2. The largest absolute Gasteiger partial charge is 0.356 e. The quantitative estimate of drug-likeness (QED) is 0.202. The number of hydrogen-bond donors (Lipinski definition) is 3. The molecule has 0 bridgehead atoms. The summed E-state index contributed by atoms with van der Waals surface area (Å²) in [6.07, 6.45) is 4.47. The van der Waals surface area contributed by atoms with Gasteiger partial charge in [-0.2, -0.15) is 5.10 Å².